The van der Waals surface area contributed by atoms with E-state index in [0.717, 1.165) is 23.6 Å². The number of anilines is 1. The second-order valence-corrected chi connectivity index (χ2v) is 12.1. The summed E-state index contributed by atoms with van der Waals surface area (Å²) in [6.07, 6.45) is 1.54. The van der Waals surface area contributed by atoms with Gasteiger partial charge in [0.2, 0.25) is 17.7 Å². The summed E-state index contributed by atoms with van der Waals surface area (Å²) in [5.41, 5.74) is 0.670. The quantitative estimate of drug-likeness (QED) is 0.532. The summed E-state index contributed by atoms with van der Waals surface area (Å²) < 4.78 is -0.708. The monoisotopic (exact) mass is 509 g/mol. The molecule has 1 spiro atoms. The maximum atomic E-state index is 14.2. The van der Waals surface area contributed by atoms with Gasteiger partial charge in [-0.05, 0) is 41.2 Å². The topological polar surface area (TPSA) is 98.7 Å². The third-order valence-electron chi connectivity index (χ3n) is 8.84. The van der Waals surface area contributed by atoms with Crippen LogP contribution in [0, 0.1) is 23.7 Å². The first-order valence-corrected chi connectivity index (χ1v) is 13.8. The van der Waals surface area contributed by atoms with Crippen molar-refractivity contribution >= 4 is 45.9 Å². The van der Waals surface area contributed by atoms with E-state index in [-0.39, 0.29) is 41.4 Å². The lowest BCUT2D eigenvalue weighted by atomic mass is 9.66. The number of nitrogens with one attached hydrogen (secondary N) is 2. The Bertz CT molecular complexity index is 1200. The molecule has 2 aromatic carbocycles. The van der Waals surface area contributed by atoms with Crippen molar-refractivity contribution in [3.05, 3.63) is 42.5 Å². The smallest absolute Gasteiger partial charge is 0.248 e. The molecule has 0 saturated carbocycles. The van der Waals surface area contributed by atoms with Gasteiger partial charge in [0, 0.05) is 18.0 Å². The molecule has 8 atom stereocenters. The molecule has 3 heterocycles. The Labute approximate surface area is 216 Å². The molecule has 3 fully saturated rings. The Kier molecular flexibility index (Phi) is 6.53. The van der Waals surface area contributed by atoms with Crippen LogP contribution in [0.25, 0.3) is 10.8 Å². The van der Waals surface area contributed by atoms with E-state index in [1.54, 1.807) is 23.7 Å². The minimum Gasteiger partial charge on any atom is -0.394 e. The van der Waals surface area contributed by atoms with Gasteiger partial charge < -0.3 is 20.6 Å². The summed E-state index contributed by atoms with van der Waals surface area (Å²) in [6, 6.07) is 12.5. The molecule has 7 nitrogen and oxygen atoms in total. The van der Waals surface area contributed by atoms with Gasteiger partial charge in [-0.2, -0.15) is 0 Å². The number of rotatable bonds is 7. The zero-order valence-corrected chi connectivity index (χ0v) is 22.0. The van der Waals surface area contributed by atoms with Gasteiger partial charge in [-0.15, -0.1) is 11.8 Å². The summed E-state index contributed by atoms with van der Waals surface area (Å²) in [7, 11) is 1.60. The fraction of sp³-hybridized carbons (Fsp3) is 0.536. The molecule has 3 N–H and O–H groups in total. The molecule has 5 rings (SSSR count). The van der Waals surface area contributed by atoms with Gasteiger partial charge in [-0.3, -0.25) is 14.4 Å². The molecule has 0 aromatic heterocycles. The lowest BCUT2D eigenvalue weighted by Crippen LogP contribution is -2.58. The van der Waals surface area contributed by atoms with Crippen molar-refractivity contribution in [2.45, 2.75) is 55.7 Å². The highest BCUT2D eigenvalue weighted by Gasteiger charge is 2.76. The lowest BCUT2D eigenvalue weighted by molar-refractivity contribution is -0.143. The number of carbonyl (C=O) groups excluding carboxylic acids is 3. The maximum Gasteiger partial charge on any atom is 0.248 e. The molecule has 8 heteroatoms. The first kappa shape index (κ1) is 25.1. The first-order valence-electron chi connectivity index (χ1n) is 12.9. The minimum atomic E-state index is -0.771. The normalized spacial score (nSPS) is 32.4. The highest BCUT2D eigenvalue weighted by Crippen LogP contribution is 2.69. The fourth-order valence-corrected chi connectivity index (χ4v) is 9.28. The molecule has 36 heavy (non-hydrogen) atoms. The molecule has 0 aliphatic carbocycles. The lowest BCUT2D eigenvalue weighted by Gasteiger charge is -2.41. The average Bonchev–Trinajstić information content (AvgIpc) is 3.47. The third-order valence-corrected chi connectivity index (χ3v) is 10.9. The molecular weight excluding hydrogens is 474 g/mol. The molecule has 2 aromatic rings. The second-order valence-electron chi connectivity index (χ2n) is 10.6. The Morgan fingerprint density at radius 1 is 1.19 bits per heavy atom. The number of amides is 3. The molecule has 3 aliphatic rings. The van der Waals surface area contributed by atoms with Crippen LogP contribution in [0.15, 0.2) is 42.5 Å². The van der Waals surface area contributed by atoms with Gasteiger partial charge >= 0.3 is 0 Å². The van der Waals surface area contributed by atoms with Crippen LogP contribution in [0.3, 0.4) is 0 Å². The van der Waals surface area contributed by atoms with Gasteiger partial charge in [-0.1, -0.05) is 57.5 Å². The molecule has 192 valence electrons. The van der Waals surface area contributed by atoms with Crippen LogP contribution in [0.2, 0.25) is 0 Å². The average molecular weight is 510 g/mol. The van der Waals surface area contributed by atoms with Gasteiger partial charge in [0.05, 0.1) is 29.2 Å². The summed E-state index contributed by atoms with van der Waals surface area (Å²) in [5.74, 6) is -1.54. The van der Waals surface area contributed by atoms with Crippen molar-refractivity contribution in [1.82, 2.24) is 10.2 Å². The molecule has 3 amide bonds. The van der Waals surface area contributed by atoms with Crippen LogP contribution >= 0.6 is 11.8 Å². The van der Waals surface area contributed by atoms with Crippen molar-refractivity contribution < 1.29 is 19.5 Å². The predicted octanol–water partition coefficient (Wildman–Crippen LogP) is 3.27. The highest BCUT2D eigenvalue weighted by molar-refractivity contribution is 8.02. The molecule has 2 bridgehead atoms. The van der Waals surface area contributed by atoms with Crippen molar-refractivity contribution in [2.24, 2.45) is 23.7 Å². The van der Waals surface area contributed by atoms with E-state index < -0.39 is 28.7 Å². The van der Waals surface area contributed by atoms with Crippen molar-refractivity contribution in [3.63, 3.8) is 0 Å². The number of hydrogen-bond donors (Lipinski definition) is 3. The van der Waals surface area contributed by atoms with Crippen LogP contribution in [0.1, 0.15) is 33.6 Å². The van der Waals surface area contributed by atoms with Crippen molar-refractivity contribution in [1.29, 1.82) is 0 Å². The highest BCUT2D eigenvalue weighted by atomic mass is 32.2. The standard InChI is InChI=1S/C28H35N3O4S/c1-5-15(2)20(14-32)31-24(26(34)30-19-11-10-17-8-6-7-9-18(17)13-19)28-16(3)12-21(36-28)22(25(33)29-4)23(28)27(31)35/h6-11,13,15-16,20-24,32H,5,12,14H2,1-4H3,(H,29,33)(H,30,34)/t15-,16?,20-,21-,22+,23-,24?,28?/m0/s1. The number of thioether (sulfide) groups is 1. The van der Waals surface area contributed by atoms with Gasteiger partial charge in [-0.25, -0.2) is 0 Å². The molecule has 3 aliphatic heterocycles. The zero-order chi connectivity index (χ0) is 25.8. The number of fused-ring (bicyclic) bond motifs is 2. The van der Waals surface area contributed by atoms with E-state index in [2.05, 4.69) is 17.6 Å². The van der Waals surface area contributed by atoms with Crippen molar-refractivity contribution in [3.8, 4) is 0 Å². The van der Waals surface area contributed by atoms with Crippen LogP contribution in [0.5, 0.6) is 0 Å². The van der Waals surface area contributed by atoms with E-state index in [1.165, 1.54) is 0 Å². The minimum absolute atomic E-state index is 0.00102. The first-order chi connectivity index (χ1) is 17.3. The third kappa shape index (κ3) is 3.56. The summed E-state index contributed by atoms with van der Waals surface area (Å²) in [4.78, 5) is 42.9. The largest absolute Gasteiger partial charge is 0.394 e. The van der Waals surface area contributed by atoms with Crippen molar-refractivity contribution in [2.75, 3.05) is 19.0 Å². The molecule has 0 radical (unpaired) electrons. The maximum absolute atomic E-state index is 14.2. The van der Waals surface area contributed by atoms with Gasteiger partial charge in [0.25, 0.3) is 0 Å². The SMILES string of the molecule is CC[C@H](C)[C@H](CO)N1C(=O)[C@@H]2[C@H](C(=O)NC)[C@@H]3CC(C)C2(S3)C1C(=O)Nc1ccc2ccccc2c1. The summed E-state index contributed by atoms with van der Waals surface area (Å²) >= 11 is 1.65. The van der Waals surface area contributed by atoms with E-state index in [0.29, 0.717) is 5.69 Å². The van der Waals surface area contributed by atoms with E-state index in [9.17, 15) is 19.5 Å². The molecule has 3 saturated heterocycles. The van der Waals surface area contributed by atoms with Gasteiger partial charge in [0.1, 0.15) is 6.04 Å². The molecule has 3 unspecified atom stereocenters. The van der Waals surface area contributed by atoms with Crippen LogP contribution in [0.4, 0.5) is 5.69 Å². The fourth-order valence-electron chi connectivity index (χ4n) is 6.87. The number of benzene rings is 2. The Morgan fingerprint density at radius 2 is 1.92 bits per heavy atom. The number of aliphatic hydroxyl groups excluding tert-OH is 1. The number of aliphatic hydroxyl groups is 1. The summed E-state index contributed by atoms with van der Waals surface area (Å²) in [6.45, 7) is 5.90. The van der Waals surface area contributed by atoms with E-state index in [4.69, 9.17) is 0 Å². The predicted molar refractivity (Wildman–Crippen MR) is 142 cm³/mol. The Balaban J connectivity index is 1.58. The number of carbonyl (C=O) groups is 3. The van der Waals surface area contributed by atoms with E-state index >= 15 is 0 Å². The second kappa shape index (κ2) is 9.38. The Hall–Kier alpha value is -2.58. The number of likely N-dealkylation sites (tertiary alicyclic amines) is 1. The number of hydrogen-bond acceptors (Lipinski definition) is 5. The number of nitrogens with zero attached hydrogens (tertiary/aromatic N) is 1. The van der Waals surface area contributed by atoms with Crippen LogP contribution < -0.4 is 10.6 Å². The van der Waals surface area contributed by atoms with Crippen LogP contribution in [-0.2, 0) is 14.4 Å². The zero-order valence-electron chi connectivity index (χ0n) is 21.2. The molecular formula is C28H35N3O4S. The van der Waals surface area contributed by atoms with Crippen LogP contribution in [-0.4, -0.2) is 63.5 Å². The van der Waals surface area contributed by atoms with E-state index in [1.807, 2.05) is 56.3 Å². The summed E-state index contributed by atoms with van der Waals surface area (Å²) in [5, 5.41) is 18.4. The van der Waals surface area contributed by atoms with Gasteiger partial charge in [0.15, 0.2) is 0 Å². The Morgan fingerprint density at radius 3 is 2.58 bits per heavy atom.